The first kappa shape index (κ1) is 16.7. The van der Waals surface area contributed by atoms with E-state index in [0.29, 0.717) is 11.1 Å². The summed E-state index contributed by atoms with van der Waals surface area (Å²) in [6.07, 6.45) is 0. The Balaban J connectivity index is 1.85. The molecule has 4 heteroatoms. The first-order valence-electron chi connectivity index (χ1n) is 8.10. The van der Waals surface area contributed by atoms with Crippen LogP contribution in [0.25, 0.3) is 10.8 Å². The van der Waals surface area contributed by atoms with E-state index in [0.717, 1.165) is 16.3 Å². The summed E-state index contributed by atoms with van der Waals surface area (Å²) in [5, 5.41) is 14.3. The van der Waals surface area contributed by atoms with Crippen LogP contribution >= 0.6 is 0 Å². The van der Waals surface area contributed by atoms with E-state index in [1.54, 1.807) is 19.1 Å². The number of carbonyl (C=O) groups is 2. The quantitative estimate of drug-likeness (QED) is 0.746. The molecule has 0 fully saturated rings. The molecule has 0 aromatic heterocycles. The van der Waals surface area contributed by atoms with Gasteiger partial charge in [0.1, 0.15) is 0 Å². The van der Waals surface area contributed by atoms with Crippen molar-refractivity contribution in [3.05, 3.63) is 82.9 Å². The van der Waals surface area contributed by atoms with Crippen molar-refractivity contribution >= 4 is 22.6 Å². The number of hydrogen-bond acceptors (Lipinski definition) is 2. The van der Waals surface area contributed by atoms with Crippen LogP contribution in [0.3, 0.4) is 0 Å². The number of carboxylic acid groups (broad SMARTS) is 1. The van der Waals surface area contributed by atoms with Gasteiger partial charge in [-0.3, -0.25) is 4.79 Å². The maximum Gasteiger partial charge on any atom is 0.335 e. The van der Waals surface area contributed by atoms with Crippen LogP contribution in [0.1, 0.15) is 44.8 Å². The molecule has 0 spiro atoms. The number of fused-ring (bicyclic) bond motifs is 1. The van der Waals surface area contributed by atoms with Crippen molar-refractivity contribution in [2.24, 2.45) is 0 Å². The predicted molar refractivity (Wildman–Crippen MR) is 98.0 cm³/mol. The van der Waals surface area contributed by atoms with E-state index >= 15 is 0 Å². The molecule has 3 rings (SSSR count). The summed E-state index contributed by atoms with van der Waals surface area (Å²) in [5.74, 6) is -1.21. The third kappa shape index (κ3) is 3.38. The molecule has 0 aliphatic rings. The number of carbonyl (C=O) groups excluding carboxylic acids is 1. The Morgan fingerprint density at radius 3 is 2.44 bits per heavy atom. The van der Waals surface area contributed by atoms with Crippen LogP contribution in [0.4, 0.5) is 0 Å². The average Bonchev–Trinajstić information content (AvgIpc) is 2.60. The van der Waals surface area contributed by atoms with Gasteiger partial charge in [-0.05, 0) is 53.9 Å². The van der Waals surface area contributed by atoms with Crippen molar-refractivity contribution in [3.8, 4) is 0 Å². The Kier molecular flexibility index (Phi) is 4.52. The monoisotopic (exact) mass is 333 g/mol. The molecule has 0 heterocycles. The maximum atomic E-state index is 12.5. The number of amides is 1. The van der Waals surface area contributed by atoms with Crippen molar-refractivity contribution in [3.63, 3.8) is 0 Å². The van der Waals surface area contributed by atoms with Gasteiger partial charge in [-0.2, -0.15) is 0 Å². The molecular formula is C21H19NO3. The van der Waals surface area contributed by atoms with Gasteiger partial charge in [0.25, 0.3) is 5.91 Å². The largest absolute Gasteiger partial charge is 0.478 e. The van der Waals surface area contributed by atoms with E-state index in [-0.39, 0.29) is 17.5 Å². The average molecular weight is 333 g/mol. The molecule has 1 amide bonds. The van der Waals surface area contributed by atoms with Gasteiger partial charge >= 0.3 is 5.97 Å². The zero-order chi connectivity index (χ0) is 18.0. The number of aromatic carboxylic acids is 1. The summed E-state index contributed by atoms with van der Waals surface area (Å²) in [7, 11) is 0. The lowest BCUT2D eigenvalue weighted by Gasteiger charge is -2.17. The van der Waals surface area contributed by atoms with Gasteiger partial charge in [-0.15, -0.1) is 0 Å². The minimum Gasteiger partial charge on any atom is -0.478 e. The van der Waals surface area contributed by atoms with Crippen LogP contribution in [-0.4, -0.2) is 17.0 Å². The molecule has 1 atom stereocenters. The van der Waals surface area contributed by atoms with Crippen LogP contribution in [0.5, 0.6) is 0 Å². The number of carboxylic acids is 1. The second-order valence-corrected chi connectivity index (χ2v) is 6.10. The fourth-order valence-corrected chi connectivity index (χ4v) is 3.03. The van der Waals surface area contributed by atoms with E-state index in [9.17, 15) is 9.59 Å². The first-order chi connectivity index (χ1) is 12.0. The predicted octanol–water partition coefficient (Wildman–Crippen LogP) is 4.34. The summed E-state index contributed by atoms with van der Waals surface area (Å²) in [4.78, 5) is 23.6. The number of nitrogens with one attached hydrogen (secondary N) is 1. The van der Waals surface area contributed by atoms with Gasteiger partial charge in [-0.1, -0.05) is 42.5 Å². The van der Waals surface area contributed by atoms with E-state index in [4.69, 9.17) is 5.11 Å². The van der Waals surface area contributed by atoms with Crippen molar-refractivity contribution in [2.75, 3.05) is 0 Å². The number of benzene rings is 3. The molecule has 126 valence electrons. The van der Waals surface area contributed by atoms with Crippen molar-refractivity contribution in [2.45, 2.75) is 19.9 Å². The molecule has 0 aliphatic heterocycles. The number of aryl methyl sites for hydroxylation is 1. The van der Waals surface area contributed by atoms with Crippen LogP contribution in [0.15, 0.2) is 60.7 Å². The highest BCUT2D eigenvalue weighted by atomic mass is 16.4. The molecule has 0 aliphatic carbocycles. The number of rotatable bonds is 4. The summed E-state index contributed by atoms with van der Waals surface area (Å²) in [5.41, 5.74) is 2.27. The minimum absolute atomic E-state index is 0.168. The number of hydrogen-bond donors (Lipinski definition) is 2. The van der Waals surface area contributed by atoms with Gasteiger partial charge < -0.3 is 10.4 Å². The molecule has 3 aromatic carbocycles. The summed E-state index contributed by atoms with van der Waals surface area (Å²) < 4.78 is 0. The van der Waals surface area contributed by atoms with Gasteiger partial charge in [0, 0.05) is 5.56 Å². The smallest absolute Gasteiger partial charge is 0.335 e. The topological polar surface area (TPSA) is 66.4 Å². The van der Waals surface area contributed by atoms with E-state index in [1.807, 2.05) is 49.4 Å². The first-order valence-corrected chi connectivity index (χ1v) is 8.10. The van der Waals surface area contributed by atoms with Crippen LogP contribution in [0.2, 0.25) is 0 Å². The SMILES string of the molecule is Cc1cc(C(=O)N[C@H](C)c2cccc3ccccc23)ccc1C(=O)O. The van der Waals surface area contributed by atoms with Gasteiger partial charge in [0.05, 0.1) is 11.6 Å². The molecule has 3 aromatic rings. The molecule has 0 saturated heterocycles. The minimum atomic E-state index is -0.992. The molecule has 0 saturated carbocycles. The summed E-state index contributed by atoms with van der Waals surface area (Å²) in [6.45, 7) is 3.63. The highest BCUT2D eigenvalue weighted by Crippen LogP contribution is 2.24. The van der Waals surface area contributed by atoms with Gasteiger partial charge in [0.2, 0.25) is 0 Å². The Labute approximate surface area is 146 Å². The van der Waals surface area contributed by atoms with E-state index in [2.05, 4.69) is 5.32 Å². The zero-order valence-corrected chi connectivity index (χ0v) is 14.1. The van der Waals surface area contributed by atoms with Gasteiger partial charge in [0.15, 0.2) is 0 Å². The Morgan fingerprint density at radius 2 is 1.72 bits per heavy atom. The second kappa shape index (κ2) is 6.77. The summed E-state index contributed by atoms with van der Waals surface area (Å²) in [6, 6.07) is 18.5. The van der Waals surface area contributed by atoms with Crippen LogP contribution in [0, 0.1) is 6.92 Å². The Morgan fingerprint density at radius 1 is 1.00 bits per heavy atom. The van der Waals surface area contributed by atoms with Gasteiger partial charge in [-0.25, -0.2) is 4.79 Å². The Hall–Kier alpha value is -3.14. The Bertz CT molecular complexity index is 957. The lowest BCUT2D eigenvalue weighted by atomic mass is 9.99. The summed E-state index contributed by atoms with van der Waals surface area (Å²) >= 11 is 0. The standard InChI is InChI=1S/C21H19NO3/c1-13-12-16(10-11-17(13)21(24)25)20(23)22-14(2)18-9-5-7-15-6-3-4-8-19(15)18/h3-12,14H,1-2H3,(H,22,23)(H,24,25)/t14-/m1/s1. The van der Waals surface area contributed by atoms with E-state index < -0.39 is 5.97 Å². The lowest BCUT2D eigenvalue weighted by molar-refractivity contribution is 0.0695. The molecule has 2 N–H and O–H groups in total. The normalized spacial score (nSPS) is 11.9. The highest BCUT2D eigenvalue weighted by molar-refractivity contribution is 5.97. The molecule has 4 nitrogen and oxygen atoms in total. The third-order valence-corrected chi connectivity index (χ3v) is 4.36. The van der Waals surface area contributed by atoms with Crippen molar-refractivity contribution < 1.29 is 14.7 Å². The molecular weight excluding hydrogens is 314 g/mol. The fourth-order valence-electron chi connectivity index (χ4n) is 3.03. The highest BCUT2D eigenvalue weighted by Gasteiger charge is 2.15. The molecule has 0 unspecified atom stereocenters. The van der Waals surface area contributed by atoms with E-state index in [1.165, 1.54) is 6.07 Å². The maximum absolute atomic E-state index is 12.5. The van der Waals surface area contributed by atoms with Crippen LogP contribution < -0.4 is 5.32 Å². The fraction of sp³-hybridized carbons (Fsp3) is 0.143. The third-order valence-electron chi connectivity index (χ3n) is 4.36. The van der Waals surface area contributed by atoms with Crippen molar-refractivity contribution in [1.29, 1.82) is 0 Å². The molecule has 25 heavy (non-hydrogen) atoms. The molecule has 0 bridgehead atoms. The second-order valence-electron chi connectivity index (χ2n) is 6.10. The zero-order valence-electron chi connectivity index (χ0n) is 14.1. The molecule has 0 radical (unpaired) electrons. The lowest BCUT2D eigenvalue weighted by Crippen LogP contribution is -2.27. The van der Waals surface area contributed by atoms with Crippen LogP contribution in [-0.2, 0) is 0 Å². The van der Waals surface area contributed by atoms with Crippen molar-refractivity contribution in [1.82, 2.24) is 5.32 Å².